The van der Waals surface area contributed by atoms with Gasteiger partial charge in [0.15, 0.2) is 5.78 Å². The average molecular weight is 157 g/mol. The number of hydrogen-bond acceptors (Lipinski definition) is 3. The smallest absolute Gasteiger partial charge is 0.178 e. The van der Waals surface area contributed by atoms with Crippen LogP contribution in [0, 0.1) is 0 Å². The first kappa shape index (κ1) is 8.68. The summed E-state index contributed by atoms with van der Waals surface area (Å²) in [6.07, 6.45) is 1.07. The molecule has 0 amide bonds. The van der Waals surface area contributed by atoms with Crippen LogP contribution >= 0.6 is 0 Å². The van der Waals surface area contributed by atoms with Crippen molar-refractivity contribution in [1.82, 2.24) is 5.32 Å². The molecule has 0 radical (unpaired) electrons. The summed E-state index contributed by atoms with van der Waals surface area (Å²) in [5, 5.41) is 12.7. The summed E-state index contributed by atoms with van der Waals surface area (Å²) >= 11 is 0. The summed E-state index contributed by atoms with van der Waals surface area (Å²) in [5.41, 5.74) is -1.05. The van der Waals surface area contributed by atoms with Crippen molar-refractivity contribution < 1.29 is 9.90 Å². The lowest BCUT2D eigenvalue weighted by Gasteiger charge is -2.33. The molecule has 11 heavy (non-hydrogen) atoms. The molecule has 1 saturated heterocycles. The molecular formula is C8H15NO2. The van der Waals surface area contributed by atoms with Crippen LogP contribution < -0.4 is 5.32 Å². The van der Waals surface area contributed by atoms with Gasteiger partial charge in [0.25, 0.3) is 0 Å². The van der Waals surface area contributed by atoms with Gasteiger partial charge in [-0.3, -0.25) is 4.79 Å². The Kier molecular flexibility index (Phi) is 2.30. The monoisotopic (exact) mass is 157 g/mol. The molecule has 1 aliphatic rings. The lowest BCUT2D eigenvalue weighted by Crippen LogP contribution is -2.54. The van der Waals surface area contributed by atoms with Crippen molar-refractivity contribution in [2.24, 2.45) is 0 Å². The van der Waals surface area contributed by atoms with Crippen LogP contribution in [-0.2, 0) is 4.79 Å². The van der Waals surface area contributed by atoms with E-state index >= 15 is 0 Å². The molecule has 1 heterocycles. The average Bonchev–Trinajstić information content (AvgIpc) is 1.98. The van der Waals surface area contributed by atoms with Gasteiger partial charge in [-0.05, 0) is 19.8 Å². The summed E-state index contributed by atoms with van der Waals surface area (Å²) in [4.78, 5) is 11.2. The minimum absolute atomic E-state index is 0.0712. The number of rotatable bonds is 1. The Labute approximate surface area is 66.8 Å². The molecule has 0 aromatic heterocycles. The van der Waals surface area contributed by atoms with E-state index in [9.17, 15) is 9.90 Å². The van der Waals surface area contributed by atoms with E-state index < -0.39 is 5.60 Å². The Hall–Kier alpha value is -0.410. The summed E-state index contributed by atoms with van der Waals surface area (Å²) in [6.45, 7) is 4.13. The van der Waals surface area contributed by atoms with Crippen LogP contribution in [0.5, 0.6) is 0 Å². The first-order valence-corrected chi connectivity index (χ1v) is 4.07. The fraction of sp³-hybridized carbons (Fsp3) is 0.875. The van der Waals surface area contributed by atoms with Gasteiger partial charge in [-0.15, -0.1) is 0 Å². The van der Waals surface area contributed by atoms with Crippen molar-refractivity contribution in [3.8, 4) is 0 Å². The SMILES string of the molecule is CC[C@@]1(O)C[C@H](C)NCC1=O. The van der Waals surface area contributed by atoms with Gasteiger partial charge in [-0.1, -0.05) is 6.92 Å². The van der Waals surface area contributed by atoms with Crippen molar-refractivity contribution in [1.29, 1.82) is 0 Å². The third-order valence-corrected chi connectivity index (χ3v) is 2.36. The molecule has 1 fully saturated rings. The van der Waals surface area contributed by atoms with Crippen molar-refractivity contribution in [3.63, 3.8) is 0 Å². The molecule has 0 unspecified atom stereocenters. The van der Waals surface area contributed by atoms with Crippen molar-refractivity contribution in [3.05, 3.63) is 0 Å². The predicted molar refractivity (Wildman–Crippen MR) is 42.3 cm³/mol. The molecular weight excluding hydrogens is 142 g/mol. The molecule has 0 aliphatic carbocycles. The number of carbonyl (C=O) groups is 1. The maximum atomic E-state index is 11.2. The molecule has 0 saturated carbocycles. The highest BCUT2D eigenvalue weighted by Gasteiger charge is 2.38. The molecule has 0 bridgehead atoms. The van der Waals surface area contributed by atoms with E-state index in [0.717, 1.165) is 0 Å². The number of piperidine rings is 1. The highest BCUT2D eigenvalue weighted by atomic mass is 16.3. The Morgan fingerprint density at radius 2 is 2.45 bits per heavy atom. The lowest BCUT2D eigenvalue weighted by molar-refractivity contribution is -0.141. The summed E-state index contributed by atoms with van der Waals surface area (Å²) in [7, 11) is 0. The van der Waals surface area contributed by atoms with Crippen LogP contribution in [0.1, 0.15) is 26.7 Å². The molecule has 0 aromatic rings. The normalized spacial score (nSPS) is 39.2. The largest absolute Gasteiger partial charge is 0.382 e. The summed E-state index contributed by atoms with van der Waals surface area (Å²) in [6, 6.07) is 0.248. The van der Waals surface area contributed by atoms with E-state index in [0.29, 0.717) is 19.4 Å². The second-order valence-electron chi connectivity index (χ2n) is 3.29. The van der Waals surface area contributed by atoms with E-state index in [-0.39, 0.29) is 11.8 Å². The van der Waals surface area contributed by atoms with Crippen LogP contribution in [-0.4, -0.2) is 29.1 Å². The maximum absolute atomic E-state index is 11.2. The molecule has 64 valence electrons. The zero-order valence-corrected chi connectivity index (χ0v) is 7.05. The van der Waals surface area contributed by atoms with Gasteiger partial charge in [-0.25, -0.2) is 0 Å². The second-order valence-corrected chi connectivity index (χ2v) is 3.29. The molecule has 0 spiro atoms. The van der Waals surface area contributed by atoms with E-state index in [1.165, 1.54) is 0 Å². The lowest BCUT2D eigenvalue weighted by atomic mass is 9.85. The Bertz CT molecular complexity index is 169. The summed E-state index contributed by atoms with van der Waals surface area (Å²) in [5.74, 6) is -0.0712. The highest BCUT2D eigenvalue weighted by molar-refractivity contribution is 5.89. The highest BCUT2D eigenvalue weighted by Crippen LogP contribution is 2.21. The van der Waals surface area contributed by atoms with Crippen LogP contribution in [0.25, 0.3) is 0 Å². The number of carbonyl (C=O) groups excluding carboxylic acids is 1. The number of ketones is 1. The van der Waals surface area contributed by atoms with Crippen LogP contribution in [0.2, 0.25) is 0 Å². The number of nitrogens with one attached hydrogen (secondary N) is 1. The van der Waals surface area contributed by atoms with Crippen molar-refractivity contribution in [2.45, 2.75) is 38.3 Å². The van der Waals surface area contributed by atoms with Gasteiger partial charge in [0.2, 0.25) is 0 Å². The standard InChI is InChI=1S/C8H15NO2/c1-3-8(11)4-6(2)9-5-7(8)10/h6,9,11H,3-5H2,1-2H3/t6-,8+/m0/s1. The zero-order chi connectivity index (χ0) is 8.48. The Morgan fingerprint density at radius 3 is 2.91 bits per heavy atom. The molecule has 2 N–H and O–H groups in total. The third kappa shape index (κ3) is 1.60. The molecule has 3 nitrogen and oxygen atoms in total. The quantitative estimate of drug-likeness (QED) is 0.566. The van der Waals surface area contributed by atoms with Gasteiger partial charge in [-0.2, -0.15) is 0 Å². The molecule has 3 heteroatoms. The van der Waals surface area contributed by atoms with Crippen LogP contribution in [0.15, 0.2) is 0 Å². The van der Waals surface area contributed by atoms with E-state index in [4.69, 9.17) is 0 Å². The predicted octanol–water partition coefficient (Wildman–Crippen LogP) is 0.0784. The van der Waals surface area contributed by atoms with Crippen molar-refractivity contribution in [2.75, 3.05) is 6.54 Å². The molecule has 1 rings (SSSR count). The van der Waals surface area contributed by atoms with Gasteiger partial charge in [0, 0.05) is 6.04 Å². The van der Waals surface area contributed by atoms with Crippen molar-refractivity contribution >= 4 is 5.78 Å². The first-order chi connectivity index (χ1) is 5.08. The zero-order valence-electron chi connectivity index (χ0n) is 7.05. The van der Waals surface area contributed by atoms with Crippen LogP contribution in [0.3, 0.4) is 0 Å². The topological polar surface area (TPSA) is 49.3 Å². The minimum Gasteiger partial charge on any atom is -0.382 e. The first-order valence-electron chi connectivity index (χ1n) is 4.07. The summed E-state index contributed by atoms with van der Waals surface area (Å²) < 4.78 is 0. The number of hydrogen-bond donors (Lipinski definition) is 2. The molecule has 1 aliphatic heterocycles. The van der Waals surface area contributed by atoms with Gasteiger partial charge < -0.3 is 10.4 Å². The van der Waals surface area contributed by atoms with Gasteiger partial charge >= 0.3 is 0 Å². The molecule has 0 aromatic carbocycles. The minimum atomic E-state index is -1.05. The third-order valence-electron chi connectivity index (χ3n) is 2.36. The van der Waals surface area contributed by atoms with Gasteiger partial charge in [0.05, 0.1) is 6.54 Å². The molecule has 2 atom stereocenters. The van der Waals surface area contributed by atoms with E-state index in [1.807, 2.05) is 13.8 Å². The maximum Gasteiger partial charge on any atom is 0.178 e. The Balaban J connectivity index is 2.68. The van der Waals surface area contributed by atoms with E-state index in [2.05, 4.69) is 5.32 Å². The second kappa shape index (κ2) is 2.91. The number of Topliss-reactive ketones (excluding diaryl/α,β-unsaturated/α-hetero) is 1. The fourth-order valence-electron chi connectivity index (χ4n) is 1.47. The van der Waals surface area contributed by atoms with Gasteiger partial charge in [0.1, 0.15) is 5.60 Å². The Morgan fingerprint density at radius 1 is 1.82 bits per heavy atom. The fourth-order valence-corrected chi connectivity index (χ4v) is 1.47. The van der Waals surface area contributed by atoms with E-state index in [1.54, 1.807) is 0 Å². The number of aliphatic hydroxyl groups is 1. The van der Waals surface area contributed by atoms with Crippen LogP contribution in [0.4, 0.5) is 0 Å².